The fourth-order valence-corrected chi connectivity index (χ4v) is 3.89. The summed E-state index contributed by atoms with van der Waals surface area (Å²) in [4.78, 5) is 34.9. The van der Waals surface area contributed by atoms with Gasteiger partial charge in [-0.2, -0.15) is 13.2 Å². The number of ether oxygens (including phenoxy) is 1. The molecule has 2 amide bonds. The van der Waals surface area contributed by atoms with Crippen molar-refractivity contribution in [3.05, 3.63) is 42.5 Å². The van der Waals surface area contributed by atoms with Gasteiger partial charge < -0.3 is 20.3 Å². The Bertz CT molecular complexity index is 1390. The molecule has 14 heteroatoms. The number of carbonyl (C=O) groups is 2. The number of hydrogen-bond donors (Lipinski definition) is 2. The monoisotopic (exact) mass is 549 g/mol. The summed E-state index contributed by atoms with van der Waals surface area (Å²) in [5, 5.41) is 9.70. The molecule has 3 aromatic rings. The first-order valence-electron chi connectivity index (χ1n) is 11.9. The average molecular weight is 550 g/mol. The SMILES string of the molecule is C[C@H]1C(=O)NC[C@@H]1C(=O)Nc1cc(-c2cc(F)cc(OC(C)(C)C(F)(F)F)c2)n(-c2cnc(N(C)C)nc2)n1. The predicted molar refractivity (Wildman–Crippen MR) is 134 cm³/mol. The van der Waals surface area contributed by atoms with Crippen molar-refractivity contribution in [2.75, 3.05) is 30.9 Å². The van der Waals surface area contributed by atoms with Crippen LogP contribution >= 0.6 is 0 Å². The number of aromatic nitrogens is 4. The highest BCUT2D eigenvalue weighted by Gasteiger charge is 2.50. The molecule has 0 aliphatic carbocycles. The van der Waals surface area contributed by atoms with Crippen LogP contribution in [0, 0.1) is 17.7 Å². The molecule has 4 rings (SSSR count). The van der Waals surface area contributed by atoms with Crippen LogP contribution in [-0.4, -0.2) is 64.0 Å². The average Bonchev–Trinajstić information content (AvgIpc) is 3.41. The van der Waals surface area contributed by atoms with E-state index in [4.69, 9.17) is 4.74 Å². The normalized spacial score (nSPS) is 17.6. The first-order chi connectivity index (χ1) is 18.2. The van der Waals surface area contributed by atoms with Crippen molar-refractivity contribution >= 4 is 23.6 Å². The van der Waals surface area contributed by atoms with E-state index in [0.29, 0.717) is 11.6 Å². The van der Waals surface area contributed by atoms with Gasteiger partial charge in [0.25, 0.3) is 0 Å². The number of halogens is 4. The van der Waals surface area contributed by atoms with Gasteiger partial charge in [0.2, 0.25) is 17.8 Å². The highest BCUT2D eigenvalue weighted by atomic mass is 19.4. The fourth-order valence-electron chi connectivity index (χ4n) is 3.89. The maximum Gasteiger partial charge on any atom is 0.427 e. The number of hydrogen-bond acceptors (Lipinski definition) is 7. The molecular weight excluding hydrogens is 522 g/mol. The highest BCUT2D eigenvalue weighted by Crippen LogP contribution is 2.36. The summed E-state index contributed by atoms with van der Waals surface area (Å²) in [6, 6.07) is 4.62. The summed E-state index contributed by atoms with van der Waals surface area (Å²) in [5.74, 6) is -2.59. The summed E-state index contributed by atoms with van der Waals surface area (Å²) in [5.41, 5.74) is -1.91. The van der Waals surface area contributed by atoms with E-state index in [2.05, 4.69) is 25.7 Å². The van der Waals surface area contributed by atoms with Gasteiger partial charge in [-0.25, -0.2) is 19.0 Å². The third-order valence-electron chi connectivity index (χ3n) is 6.30. The molecule has 0 unspecified atom stereocenters. The van der Waals surface area contributed by atoms with Crippen LogP contribution in [0.5, 0.6) is 5.75 Å². The van der Waals surface area contributed by atoms with Gasteiger partial charge in [-0.3, -0.25) is 9.59 Å². The van der Waals surface area contributed by atoms with E-state index >= 15 is 0 Å². The van der Waals surface area contributed by atoms with Crippen LogP contribution < -0.4 is 20.3 Å². The summed E-state index contributed by atoms with van der Waals surface area (Å²) in [6.45, 7) is 3.47. The van der Waals surface area contributed by atoms with Crippen molar-refractivity contribution in [1.29, 1.82) is 0 Å². The van der Waals surface area contributed by atoms with E-state index in [9.17, 15) is 27.2 Å². The van der Waals surface area contributed by atoms with Crippen molar-refractivity contribution in [3.63, 3.8) is 0 Å². The van der Waals surface area contributed by atoms with Gasteiger partial charge in [-0.1, -0.05) is 6.92 Å². The largest absolute Gasteiger partial charge is 0.478 e. The Morgan fingerprint density at radius 3 is 2.38 bits per heavy atom. The molecule has 0 bridgehead atoms. The first kappa shape index (κ1) is 27.8. The predicted octanol–water partition coefficient (Wildman–Crippen LogP) is 3.57. The fraction of sp³-hybridized carbons (Fsp3) is 0.400. The maximum absolute atomic E-state index is 14.6. The molecule has 10 nitrogen and oxygen atoms in total. The van der Waals surface area contributed by atoms with E-state index in [1.807, 2.05) is 0 Å². The van der Waals surface area contributed by atoms with Crippen LogP contribution in [0.1, 0.15) is 20.8 Å². The smallest absolute Gasteiger partial charge is 0.427 e. The maximum atomic E-state index is 14.6. The molecule has 0 saturated carbocycles. The molecule has 2 N–H and O–H groups in total. The third kappa shape index (κ3) is 5.78. The second kappa shape index (κ2) is 10.2. The summed E-state index contributed by atoms with van der Waals surface area (Å²) in [6.07, 6.45) is -1.80. The van der Waals surface area contributed by atoms with Crippen LogP contribution in [0.25, 0.3) is 16.9 Å². The van der Waals surface area contributed by atoms with Crippen LogP contribution in [0.15, 0.2) is 36.7 Å². The Balaban J connectivity index is 1.76. The van der Waals surface area contributed by atoms with E-state index in [1.165, 1.54) is 29.2 Å². The minimum absolute atomic E-state index is 0.0700. The van der Waals surface area contributed by atoms with Gasteiger partial charge in [-0.15, -0.1) is 5.10 Å². The van der Waals surface area contributed by atoms with E-state index in [-0.39, 0.29) is 35.3 Å². The number of amides is 2. The van der Waals surface area contributed by atoms with Gasteiger partial charge in [0.05, 0.1) is 24.0 Å². The van der Waals surface area contributed by atoms with Gasteiger partial charge in [0.1, 0.15) is 17.3 Å². The lowest BCUT2D eigenvalue weighted by atomic mass is 9.97. The van der Waals surface area contributed by atoms with Crippen molar-refractivity contribution in [3.8, 4) is 22.7 Å². The molecule has 208 valence electrons. The van der Waals surface area contributed by atoms with Gasteiger partial charge in [0.15, 0.2) is 11.4 Å². The lowest BCUT2D eigenvalue weighted by Gasteiger charge is -2.29. The number of nitrogens with zero attached hydrogens (tertiary/aromatic N) is 5. The third-order valence-corrected chi connectivity index (χ3v) is 6.30. The lowest BCUT2D eigenvalue weighted by Crippen LogP contribution is -2.44. The van der Waals surface area contributed by atoms with Crippen molar-refractivity contribution in [2.24, 2.45) is 11.8 Å². The molecule has 2 aromatic heterocycles. The zero-order valence-corrected chi connectivity index (χ0v) is 21.8. The number of nitrogens with one attached hydrogen (secondary N) is 2. The lowest BCUT2D eigenvalue weighted by molar-refractivity contribution is -0.234. The number of anilines is 2. The summed E-state index contributed by atoms with van der Waals surface area (Å²) in [7, 11) is 3.50. The minimum Gasteiger partial charge on any atom is -0.478 e. The Hall–Kier alpha value is -4.23. The minimum atomic E-state index is -4.71. The molecule has 3 heterocycles. The standard InChI is InChI=1S/C25H27F4N7O3/c1-13-18(12-30-21(13)37)22(38)33-20-9-19(36(34-20)16-10-31-23(32-11-16)35(4)5)14-6-15(26)8-17(7-14)39-24(2,3)25(27,28)29/h6-11,13,18H,12H2,1-5H3,(H,30,37)(H,33,34,38)/t13-,18+/m1/s1. The quantitative estimate of drug-likeness (QED) is 0.433. The van der Waals surface area contributed by atoms with Crippen LogP contribution in [0.4, 0.5) is 29.3 Å². The summed E-state index contributed by atoms with van der Waals surface area (Å²) < 4.78 is 61.3. The number of carbonyl (C=O) groups excluding carboxylic acids is 2. The van der Waals surface area contributed by atoms with Gasteiger partial charge in [-0.05, 0) is 26.0 Å². The van der Waals surface area contributed by atoms with Crippen LogP contribution in [0.3, 0.4) is 0 Å². The van der Waals surface area contributed by atoms with Gasteiger partial charge >= 0.3 is 6.18 Å². The Morgan fingerprint density at radius 1 is 1.15 bits per heavy atom. The Labute approximate surface area is 221 Å². The molecule has 1 aromatic carbocycles. The van der Waals surface area contributed by atoms with Crippen LogP contribution in [0.2, 0.25) is 0 Å². The van der Waals surface area contributed by atoms with E-state index in [0.717, 1.165) is 26.0 Å². The zero-order valence-electron chi connectivity index (χ0n) is 21.8. The zero-order chi connectivity index (χ0) is 28.7. The summed E-state index contributed by atoms with van der Waals surface area (Å²) >= 11 is 0. The molecule has 2 atom stereocenters. The molecule has 0 spiro atoms. The number of alkyl halides is 3. The molecule has 39 heavy (non-hydrogen) atoms. The van der Waals surface area contributed by atoms with Crippen molar-refractivity contribution < 1.29 is 31.9 Å². The van der Waals surface area contributed by atoms with Crippen molar-refractivity contribution in [1.82, 2.24) is 25.1 Å². The molecule has 1 aliphatic rings. The Kier molecular flexibility index (Phi) is 7.23. The molecule has 1 aliphatic heterocycles. The van der Waals surface area contributed by atoms with Crippen LogP contribution in [-0.2, 0) is 9.59 Å². The number of benzene rings is 1. The van der Waals surface area contributed by atoms with E-state index < -0.39 is 35.3 Å². The molecule has 0 radical (unpaired) electrons. The molecular formula is C25H27F4N7O3. The molecule has 1 saturated heterocycles. The Morgan fingerprint density at radius 2 is 1.82 bits per heavy atom. The highest BCUT2D eigenvalue weighted by molar-refractivity contribution is 5.98. The van der Waals surface area contributed by atoms with Crippen molar-refractivity contribution in [2.45, 2.75) is 32.5 Å². The van der Waals surface area contributed by atoms with Gasteiger partial charge in [0, 0.05) is 44.3 Å². The second-order valence-corrected chi connectivity index (χ2v) is 9.88. The van der Waals surface area contributed by atoms with E-state index in [1.54, 1.807) is 25.9 Å². The molecule has 1 fully saturated rings. The number of rotatable bonds is 7. The first-order valence-corrected chi connectivity index (χ1v) is 11.9. The second-order valence-electron chi connectivity index (χ2n) is 9.88. The topological polar surface area (TPSA) is 114 Å².